The zero-order chi connectivity index (χ0) is 22.1. The van der Waals surface area contributed by atoms with Gasteiger partial charge in [0.25, 0.3) is 0 Å². The van der Waals surface area contributed by atoms with Crippen molar-refractivity contribution in [2.24, 2.45) is 11.1 Å². The van der Waals surface area contributed by atoms with E-state index in [1.165, 1.54) is 12.1 Å². The zero-order valence-electron chi connectivity index (χ0n) is 16.2. The predicted octanol–water partition coefficient (Wildman–Crippen LogP) is 3.03. The summed E-state index contributed by atoms with van der Waals surface area (Å²) in [4.78, 5) is 25.8. The highest BCUT2D eigenvalue weighted by Crippen LogP contribution is 2.53. The summed E-state index contributed by atoms with van der Waals surface area (Å²) in [5, 5.41) is 9.01. The van der Waals surface area contributed by atoms with E-state index in [0.29, 0.717) is 19.5 Å². The average Bonchev–Trinajstić information content (AvgIpc) is 3.14. The van der Waals surface area contributed by atoms with Crippen molar-refractivity contribution in [3.8, 4) is 5.69 Å². The molecular formula is C22H18F3N3O3. The molecule has 160 valence electrons. The normalized spacial score (nSPS) is 22.5. The largest absolute Gasteiger partial charge is 0.477 e. The molecular weight excluding hydrogens is 411 g/mol. The van der Waals surface area contributed by atoms with E-state index in [-0.39, 0.29) is 28.3 Å². The Kier molecular flexibility index (Phi) is 4.17. The number of carboxylic acids is 1. The molecule has 3 N–H and O–H groups in total. The van der Waals surface area contributed by atoms with Crippen molar-refractivity contribution in [1.82, 2.24) is 4.57 Å². The number of rotatable bonds is 3. The Morgan fingerprint density at radius 2 is 1.87 bits per heavy atom. The molecule has 9 heteroatoms. The lowest BCUT2D eigenvalue weighted by Gasteiger charge is -2.22. The molecule has 2 heterocycles. The molecule has 1 aromatic heterocycles. The molecule has 2 fully saturated rings. The first-order valence-corrected chi connectivity index (χ1v) is 9.79. The summed E-state index contributed by atoms with van der Waals surface area (Å²) in [5.41, 5.74) is 3.91. The van der Waals surface area contributed by atoms with E-state index in [1.54, 1.807) is 4.90 Å². The third kappa shape index (κ3) is 2.91. The van der Waals surface area contributed by atoms with Crippen molar-refractivity contribution in [2.45, 2.75) is 18.9 Å². The Labute approximate surface area is 174 Å². The fourth-order valence-electron chi connectivity index (χ4n) is 4.59. The minimum absolute atomic E-state index is 0.000371. The number of aromatic nitrogens is 1. The van der Waals surface area contributed by atoms with Crippen LogP contribution in [0.2, 0.25) is 0 Å². The Bertz CT molecular complexity index is 1310. The molecule has 2 atom stereocenters. The molecule has 6 nitrogen and oxygen atoms in total. The molecule has 2 aromatic carbocycles. The van der Waals surface area contributed by atoms with Crippen LogP contribution in [0.4, 0.5) is 18.9 Å². The van der Waals surface area contributed by atoms with Crippen molar-refractivity contribution in [2.75, 3.05) is 18.0 Å². The first-order chi connectivity index (χ1) is 14.7. The summed E-state index contributed by atoms with van der Waals surface area (Å²) in [7, 11) is 0. The number of fused-ring (bicyclic) bond motifs is 1. The van der Waals surface area contributed by atoms with Crippen LogP contribution in [0.5, 0.6) is 0 Å². The molecule has 3 aromatic rings. The van der Waals surface area contributed by atoms with Crippen molar-refractivity contribution in [3.05, 3.63) is 69.8 Å². The number of anilines is 1. The van der Waals surface area contributed by atoms with E-state index in [0.717, 1.165) is 35.4 Å². The van der Waals surface area contributed by atoms with E-state index in [2.05, 4.69) is 0 Å². The third-order valence-corrected chi connectivity index (χ3v) is 6.45. The maximum atomic E-state index is 15.8. The first kappa shape index (κ1) is 19.6. The van der Waals surface area contributed by atoms with Crippen LogP contribution in [0.1, 0.15) is 23.2 Å². The minimum Gasteiger partial charge on any atom is -0.477 e. The van der Waals surface area contributed by atoms with Gasteiger partial charge in [-0.1, -0.05) is 0 Å². The number of carboxylic acid groups (broad SMARTS) is 1. The summed E-state index contributed by atoms with van der Waals surface area (Å²) in [6, 6.07) is 5.77. The van der Waals surface area contributed by atoms with E-state index in [9.17, 15) is 19.1 Å². The lowest BCUT2D eigenvalue weighted by Crippen LogP contribution is -2.26. The molecule has 1 saturated carbocycles. The highest BCUT2D eigenvalue weighted by molar-refractivity contribution is 5.94. The summed E-state index contributed by atoms with van der Waals surface area (Å²) in [6.45, 7) is 0.822. The van der Waals surface area contributed by atoms with Crippen LogP contribution in [-0.4, -0.2) is 34.8 Å². The lowest BCUT2D eigenvalue weighted by molar-refractivity contribution is 0.0695. The number of halogens is 3. The van der Waals surface area contributed by atoms with Gasteiger partial charge in [-0.15, -0.1) is 0 Å². The first-order valence-electron chi connectivity index (χ1n) is 9.79. The molecule has 1 spiro atoms. The molecule has 31 heavy (non-hydrogen) atoms. The Morgan fingerprint density at radius 1 is 1.19 bits per heavy atom. The standard InChI is InChI=1S/C22H18F3N3O3/c23-11-1-3-12(4-2-11)28-9-14(21(30)31)20(29)13-7-15(24)19(17(25)18(13)28)27-6-5-22(10-27)8-16(22)26/h1-4,7,9,16H,5-6,8,10,26H2,(H,30,31). The van der Waals surface area contributed by atoms with Gasteiger partial charge in [0.1, 0.15) is 22.9 Å². The number of aromatic carboxylic acids is 1. The molecule has 1 aliphatic heterocycles. The second-order valence-corrected chi connectivity index (χ2v) is 8.29. The number of benzene rings is 2. The van der Waals surface area contributed by atoms with Gasteiger partial charge in [0, 0.05) is 36.4 Å². The fraction of sp³-hybridized carbons (Fsp3) is 0.273. The smallest absolute Gasteiger partial charge is 0.341 e. The van der Waals surface area contributed by atoms with E-state index in [4.69, 9.17) is 5.73 Å². The van der Waals surface area contributed by atoms with Gasteiger partial charge in [-0.25, -0.2) is 18.0 Å². The number of hydrogen-bond donors (Lipinski definition) is 2. The summed E-state index contributed by atoms with van der Waals surface area (Å²) >= 11 is 0. The Balaban J connectivity index is 1.78. The van der Waals surface area contributed by atoms with Crippen LogP contribution in [0.25, 0.3) is 16.6 Å². The van der Waals surface area contributed by atoms with E-state index >= 15 is 8.78 Å². The molecule has 5 rings (SSSR count). The SMILES string of the molecule is NC1CC12CCN(c1c(F)cc3c(=O)c(C(=O)O)cn(-c4ccc(F)cc4)c3c1F)C2. The molecule has 1 aliphatic carbocycles. The molecule has 2 unspecified atom stereocenters. The van der Waals surface area contributed by atoms with Crippen LogP contribution in [0, 0.1) is 22.9 Å². The number of nitrogens with two attached hydrogens (primary N) is 1. The summed E-state index contributed by atoms with van der Waals surface area (Å²) < 4.78 is 45.4. The van der Waals surface area contributed by atoms with Crippen molar-refractivity contribution in [3.63, 3.8) is 0 Å². The zero-order valence-corrected chi connectivity index (χ0v) is 16.2. The fourth-order valence-corrected chi connectivity index (χ4v) is 4.59. The number of hydrogen-bond acceptors (Lipinski definition) is 4. The second-order valence-electron chi connectivity index (χ2n) is 8.29. The van der Waals surface area contributed by atoms with E-state index < -0.39 is 39.8 Å². The highest BCUT2D eigenvalue weighted by Gasteiger charge is 2.56. The predicted molar refractivity (Wildman–Crippen MR) is 108 cm³/mol. The van der Waals surface area contributed by atoms with Gasteiger partial charge < -0.3 is 20.3 Å². The van der Waals surface area contributed by atoms with Crippen molar-refractivity contribution in [1.29, 1.82) is 0 Å². The van der Waals surface area contributed by atoms with Gasteiger partial charge in [0.15, 0.2) is 5.82 Å². The van der Waals surface area contributed by atoms with Crippen molar-refractivity contribution >= 4 is 22.6 Å². The van der Waals surface area contributed by atoms with Crippen LogP contribution in [0.15, 0.2) is 41.3 Å². The monoisotopic (exact) mass is 429 g/mol. The lowest BCUT2D eigenvalue weighted by atomic mass is 10.1. The van der Waals surface area contributed by atoms with Gasteiger partial charge in [-0.2, -0.15) is 0 Å². The molecule has 1 saturated heterocycles. The molecule has 0 radical (unpaired) electrons. The Morgan fingerprint density at radius 3 is 2.45 bits per heavy atom. The van der Waals surface area contributed by atoms with E-state index in [1.807, 2.05) is 0 Å². The van der Waals surface area contributed by atoms with Crippen molar-refractivity contribution < 1.29 is 23.1 Å². The topological polar surface area (TPSA) is 88.6 Å². The molecule has 2 aliphatic rings. The number of pyridine rings is 1. The number of nitrogens with zero attached hydrogens (tertiary/aromatic N) is 2. The van der Waals surface area contributed by atoms with Crippen LogP contribution < -0.4 is 16.1 Å². The summed E-state index contributed by atoms with van der Waals surface area (Å²) in [6.07, 6.45) is 2.49. The highest BCUT2D eigenvalue weighted by atomic mass is 19.1. The maximum Gasteiger partial charge on any atom is 0.341 e. The van der Waals surface area contributed by atoms with Crippen LogP contribution in [-0.2, 0) is 0 Å². The van der Waals surface area contributed by atoms with Crippen LogP contribution >= 0.6 is 0 Å². The molecule has 0 bridgehead atoms. The second kappa shape index (κ2) is 6.58. The summed E-state index contributed by atoms with van der Waals surface area (Å²) in [5.74, 6) is -3.99. The quantitative estimate of drug-likeness (QED) is 0.668. The van der Waals surface area contributed by atoms with Gasteiger partial charge in [-0.05, 0) is 43.2 Å². The Hall–Kier alpha value is -3.33. The minimum atomic E-state index is -1.53. The van der Waals surface area contributed by atoms with Crippen LogP contribution in [0.3, 0.4) is 0 Å². The van der Waals surface area contributed by atoms with Gasteiger partial charge in [0.2, 0.25) is 5.43 Å². The molecule has 0 amide bonds. The van der Waals surface area contributed by atoms with Gasteiger partial charge in [-0.3, -0.25) is 4.79 Å². The third-order valence-electron chi connectivity index (χ3n) is 6.45. The van der Waals surface area contributed by atoms with Gasteiger partial charge >= 0.3 is 5.97 Å². The average molecular weight is 429 g/mol. The maximum absolute atomic E-state index is 15.8. The van der Waals surface area contributed by atoms with Gasteiger partial charge in [0.05, 0.1) is 10.9 Å². The number of carbonyl (C=O) groups is 1.